The zero-order chi connectivity index (χ0) is 20.5. The first-order chi connectivity index (χ1) is 14.7. The average Bonchev–Trinajstić information content (AvgIpc) is 3.40. The van der Waals surface area contributed by atoms with E-state index in [4.69, 9.17) is 12.2 Å². The largest absolute Gasteiger partial charge is 0.351 e. The molecule has 3 heterocycles. The van der Waals surface area contributed by atoms with E-state index >= 15 is 0 Å². The summed E-state index contributed by atoms with van der Waals surface area (Å²) in [7, 11) is 0. The maximum absolute atomic E-state index is 5.86. The Morgan fingerprint density at radius 3 is 2.50 bits per heavy atom. The quantitative estimate of drug-likeness (QED) is 0.539. The zero-order valence-corrected chi connectivity index (χ0v) is 18.2. The highest BCUT2D eigenvalue weighted by molar-refractivity contribution is 7.80. The molecule has 2 aromatic heterocycles. The van der Waals surface area contributed by atoms with E-state index in [0.29, 0.717) is 6.04 Å². The molecule has 1 aliphatic carbocycles. The summed E-state index contributed by atoms with van der Waals surface area (Å²) in [5, 5.41) is 4.34. The number of hydrogen-bond acceptors (Lipinski definition) is 2. The Balaban J connectivity index is 1.61. The van der Waals surface area contributed by atoms with Crippen LogP contribution >= 0.6 is 12.2 Å². The van der Waals surface area contributed by atoms with Crippen molar-refractivity contribution in [1.29, 1.82) is 0 Å². The second-order valence-corrected chi connectivity index (χ2v) is 8.85. The molecule has 0 bridgehead atoms. The molecular weight excluding hydrogens is 388 g/mol. The molecule has 5 rings (SSSR count). The predicted molar refractivity (Wildman–Crippen MR) is 126 cm³/mol. The minimum atomic E-state index is 0.0113. The number of nitrogens with zero attached hydrogens (tertiary/aromatic N) is 3. The molecule has 30 heavy (non-hydrogen) atoms. The van der Waals surface area contributed by atoms with Gasteiger partial charge in [0.2, 0.25) is 0 Å². The number of anilines is 1. The van der Waals surface area contributed by atoms with Gasteiger partial charge in [0.05, 0.1) is 11.7 Å². The normalized spacial score (nSPS) is 22.3. The molecule has 2 fully saturated rings. The van der Waals surface area contributed by atoms with Crippen LogP contribution in [0.3, 0.4) is 0 Å². The summed E-state index contributed by atoms with van der Waals surface area (Å²) in [6.45, 7) is 2.12. The van der Waals surface area contributed by atoms with Crippen molar-refractivity contribution in [1.82, 2.24) is 14.9 Å². The molecule has 0 spiro atoms. The van der Waals surface area contributed by atoms with Gasteiger partial charge in [-0.25, -0.2) is 0 Å². The molecule has 1 saturated carbocycles. The van der Waals surface area contributed by atoms with E-state index in [1.807, 2.05) is 12.3 Å². The molecule has 0 unspecified atom stereocenters. The SMILES string of the molecule is Cc1ccc(N2C(=S)N[C@H](c3ccccn3)[C@H]2c2cccn2C2CCCCC2)cc1. The Hall–Kier alpha value is -2.66. The van der Waals surface area contributed by atoms with Crippen LogP contribution in [0.25, 0.3) is 0 Å². The Labute approximate surface area is 183 Å². The van der Waals surface area contributed by atoms with Crippen molar-refractivity contribution in [2.75, 3.05) is 4.90 Å². The first-order valence-electron chi connectivity index (χ1n) is 11.0. The maximum atomic E-state index is 5.86. The van der Waals surface area contributed by atoms with Crippen LogP contribution in [0.4, 0.5) is 5.69 Å². The van der Waals surface area contributed by atoms with E-state index < -0.39 is 0 Å². The molecule has 3 aromatic rings. The number of nitrogens with one attached hydrogen (secondary N) is 1. The van der Waals surface area contributed by atoms with Gasteiger partial charge in [-0.2, -0.15) is 0 Å². The van der Waals surface area contributed by atoms with Crippen LogP contribution in [-0.2, 0) is 0 Å². The lowest BCUT2D eigenvalue weighted by Crippen LogP contribution is -2.31. The van der Waals surface area contributed by atoms with Crippen LogP contribution in [-0.4, -0.2) is 14.7 Å². The molecular formula is C25H28N4S. The van der Waals surface area contributed by atoms with Gasteiger partial charge in [0.15, 0.2) is 5.11 Å². The average molecular weight is 417 g/mol. The summed E-state index contributed by atoms with van der Waals surface area (Å²) in [5.41, 5.74) is 4.71. The summed E-state index contributed by atoms with van der Waals surface area (Å²) in [6, 6.07) is 19.9. The van der Waals surface area contributed by atoms with E-state index in [2.05, 4.69) is 81.4 Å². The number of benzene rings is 1. The van der Waals surface area contributed by atoms with Crippen molar-refractivity contribution in [2.24, 2.45) is 0 Å². The minimum absolute atomic E-state index is 0.0113. The van der Waals surface area contributed by atoms with Gasteiger partial charge < -0.3 is 14.8 Å². The maximum Gasteiger partial charge on any atom is 0.174 e. The van der Waals surface area contributed by atoms with E-state index in [1.165, 1.54) is 43.4 Å². The lowest BCUT2D eigenvalue weighted by atomic mass is 9.94. The van der Waals surface area contributed by atoms with Crippen molar-refractivity contribution in [3.8, 4) is 0 Å². The van der Waals surface area contributed by atoms with Crippen LogP contribution in [0.1, 0.15) is 67.2 Å². The van der Waals surface area contributed by atoms with Crippen LogP contribution in [0.15, 0.2) is 67.0 Å². The van der Waals surface area contributed by atoms with Crippen LogP contribution in [0, 0.1) is 6.92 Å². The molecule has 2 atom stereocenters. The number of aryl methyl sites for hydroxylation is 1. The molecule has 1 aliphatic heterocycles. The van der Waals surface area contributed by atoms with E-state index in [1.54, 1.807) is 0 Å². The van der Waals surface area contributed by atoms with Crippen LogP contribution in [0.5, 0.6) is 0 Å². The van der Waals surface area contributed by atoms with Gasteiger partial charge in [0.25, 0.3) is 0 Å². The first kappa shape index (κ1) is 19.3. The van der Waals surface area contributed by atoms with Crippen molar-refractivity contribution in [2.45, 2.75) is 57.2 Å². The summed E-state index contributed by atoms with van der Waals surface area (Å²) in [4.78, 5) is 6.96. The summed E-state index contributed by atoms with van der Waals surface area (Å²) < 4.78 is 2.51. The number of rotatable bonds is 4. The highest BCUT2D eigenvalue weighted by Crippen LogP contribution is 2.43. The van der Waals surface area contributed by atoms with Gasteiger partial charge >= 0.3 is 0 Å². The number of pyridine rings is 1. The third kappa shape index (κ3) is 3.52. The van der Waals surface area contributed by atoms with E-state index in [9.17, 15) is 0 Å². The van der Waals surface area contributed by atoms with E-state index in [0.717, 1.165) is 16.5 Å². The molecule has 4 nitrogen and oxygen atoms in total. The van der Waals surface area contributed by atoms with Crippen molar-refractivity contribution in [3.63, 3.8) is 0 Å². The first-order valence-corrected chi connectivity index (χ1v) is 11.4. The third-order valence-electron chi connectivity index (χ3n) is 6.49. The highest BCUT2D eigenvalue weighted by Gasteiger charge is 2.42. The van der Waals surface area contributed by atoms with Gasteiger partial charge in [-0.1, -0.05) is 43.0 Å². The van der Waals surface area contributed by atoms with E-state index in [-0.39, 0.29) is 12.1 Å². The zero-order valence-electron chi connectivity index (χ0n) is 17.4. The minimum Gasteiger partial charge on any atom is -0.351 e. The van der Waals surface area contributed by atoms with Crippen LogP contribution < -0.4 is 10.2 Å². The lowest BCUT2D eigenvalue weighted by Gasteiger charge is -2.32. The van der Waals surface area contributed by atoms with Gasteiger partial charge in [-0.15, -0.1) is 0 Å². The fraction of sp³-hybridized carbons (Fsp3) is 0.360. The van der Waals surface area contributed by atoms with Gasteiger partial charge in [0.1, 0.15) is 6.04 Å². The highest BCUT2D eigenvalue weighted by atomic mass is 32.1. The topological polar surface area (TPSA) is 33.1 Å². The van der Waals surface area contributed by atoms with Crippen LogP contribution in [0.2, 0.25) is 0 Å². The third-order valence-corrected chi connectivity index (χ3v) is 6.81. The predicted octanol–water partition coefficient (Wildman–Crippen LogP) is 5.87. The van der Waals surface area contributed by atoms with Gasteiger partial charge in [0, 0.05) is 29.8 Å². The smallest absolute Gasteiger partial charge is 0.174 e. The molecule has 154 valence electrons. The van der Waals surface area contributed by atoms with Crippen molar-refractivity contribution < 1.29 is 0 Å². The number of hydrogen-bond donors (Lipinski definition) is 1. The molecule has 1 saturated heterocycles. The van der Waals surface area contributed by atoms with Gasteiger partial charge in [-0.3, -0.25) is 4.98 Å². The molecule has 2 aliphatic rings. The molecule has 5 heteroatoms. The standard InChI is InChI=1S/C25H28N4S/c1-18-12-14-20(15-13-18)29-24(23(27-25(29)30)21-10-5-6-16-26-21)22-11-7-17-28(22)19-8-3-2-4-9-19/h5-7,10-17,19,23-24H,2-4,8-9H2,1H3,(H,27,30)/t23-,24-/m1/s1. The second kappa shape index (κ2) is 8.23. The molecule has 0 radical (unpaired) electrons. The summed E-state index contributed by atoms with van der Waals surface area (Å²) >= 11 is 5.86. The monoisotopic (exact) mass is 416 g/mol. The fourth-order valence-corrected chi connectivity index (χ4v) is 5.33. The molecule has 0 amide bonds. The Morgan fingerprint density at radius 2 is 1.77 bits per heavy atom. The van der Waals surface area contributed by atoms with Crippen molar-refractivity contribution in [3.05, 3.63) is 83.9 Å². The molecule has 1 aromatic carbocycles. The summed E-state index contributed by atoms with van der Waals surface area (Å²) in [6.07, 6.45) is 10.6. The lowest BCUT2D eigenvalue weighted by molar-refractivity contribution is 0.340. The Morgan fingerprint density at radius 1 is 0.967 bits per heavy atom. The van der Waals surface area contributed by atoms with Gasteiger partial charge in [-0.05, 0) is 68.4 Å². The Bertz CT molecular complexity index is 1010. The Kier molecular flexibility index (Phi) is 5.30. The fourth-order valence-electron chi connectivity index (χ4n) is 4.99. The number of aromatic nitrogens is 2. The summed E-state index contributed by atoms with van der Waals surface area (Å²) in [5.74, 6) is 0. The van der Waals surface area contributed by atoms with Crippen molar-refractivity contribution >= 4 is 23.0 Å². The molecule has 1 N–H and O–H groups in total. The number of thiocarbonyl (C=S) groups is 1. The second-order valence-electron chi connectivity index (χ2n) is 8.46.